The van der Waals surface area contributed by atoms with Crippen LogP contribution >= 0.6 is 23.2 Å². The first-order valence-electron chi connectivity index (χ1n) is 10.8. The van der Waals surface area contributed by atoms with E-state index in [0.29, 0.717) is 28.0 Å². The van der Waals surface area contributed by atoms with Crippen molar-refractivity contribution in [3.8, 4) is 5.69 Å². The Labute approximate surface area is 204 Å². The highest BCUT2D eigenvalue weighted by atomic mass is 35.5. The molecule has 0 fully saturated rings. The van der Waals surface area contributed by atoms with Crippen molar-refractivity contribution < 1.29 is 9.59 Å². The third-order valence-corrected chi connectivity index (χ3v) is 5.49. The predicted octanol–water partition coefficient (Wildman–Crippen LogP) is 5.97. The number of rotatable bonds is 7. The van der Waals surface area contributed by atoms with Crippen molar-refractivity contribution in [2.45, 2.75) is 39.5 Å². The van der Waals surface area contributed by atoms with Gasteiger partial charge in [-0.3, -0.25) is 9.59 Å². The molecule has 0 unspecified atom stereocenters. The largest absolute Gasteiger partial charge is 0.329 e. The summed E-state index contributed by atoms with van der Waals surface area (Å²) in [6.45, 7) is 8.49. The second-order valence-corrected chi connectivity index (χ2v) is 9.71. The molecule has 1 heterocycles. The number of nitrogens with one attached hydrogen (secondary N) is 1. The van der Waals surface area contributed by atoms with Crippen molar-refractivity contribution >= 4 is 40.8 Å². The van der Waals surface area contributed by atoms with E-state index in [-0.39, 0.29) is 23.8 Å². The lowest BCUT2D eigenvalue weighted by molar-refractivity contribution is -0.116. The Hall–Kier alpha value is -2.83. The topological polar surface area (TPSA) is 67.2 Å². The van der Waals surface area contributed by atoms with E-state index >= 15 is 0 Å². The number of halogens is 2. The molecule has 3 rings (SSSR count). The van der Waals surface area contributed by atoms with Gasteiger partial charge in [0.05, 0.1) is 11.4 Å². The molecule has 6 nitrogen and oxygen atoms in total. The Balaban J connectivity index is 1.85. The van der Waals surface area contributed by atoms with Crippen LogP contribution in [0.1, 0.15) is 50.2 Å². The minimum absolute atomic E-state index is 0.0875. The first kappa shape index (κ1) is 24.8. The zero-order valence-corrected chi connectivity index (χ0v) is 20.7. The van der Waals surface area contributed by atoms with Crippen LogP contribution in [-0.4, -0.2) is 39.6 Å². The summed E-state index contributed by atoms with van der Waals surface area (Å²) in [6.07, 6.45) is 0.719. The Morgan fingerprint density at radius 2 is 1.73 bits per heavy atom. The van der Waals surface area contributed by atoms with Crippen LogP contribution in [-0.2, 0) is 10.2 Å². The van der Waals surface area contributed by atoms with E-state index in [1.807, 2.05) is 25.1 Å². The molecule has 0 saturated carbocycles. The molecular weight excluding hydrogens is 459 g/mol. The van der Waals surface area contributed by atoms with E-state index in [2.05, 4.69) is 26.1 Å². The fourth-order valence-corrected chi connectivity index (χ4v) is 3.61. The molecule has 174 valence electrons. The molecule has 0 saturated heterocycles. The van der Waals surface area contributed by atoms with Gasteiger partial charge in [-0.2, -0.15) is 5.10 Å². The average Bonchev–Trinajstić information content (AvgIpc) is 3.17. The number of amides is 2. The highest BCUT2D eigenvalue weighted by Gasteiger charge is 2.23. The van der Waals surface area contributed by atoms with Gasteiger partial charge in [0.2, 0.25) is 5.91 Å². The van der Waals surface area contributed by atoms with Gasteiger partial charge in [0.15, 0.2) is 0 Å². The van der Waals surface area contributed by atoms with Crippen molar-refractivity contribution in [3.63, 3.8) is 0 Å². The fraction of sp³-hybridized carbons (Fsp3) is 0.320. The van der Waals surface area contributed by atoms with Crippen LogP contribution in [0.15, 0.2) is 54.6 Å². The number of aromatic nitrogens is 2. The molecule has 0 radical (unpaired) electrons. The van der Waals surface area contributed by atoms with Gasteiger partial charge in [-0.1, -0.05) is 57.0 Å². The number of benzene rings is 2. The van der Waals surface area contributed by atoms with E-state index in [1.54, 1.807) is 41.1 Å². The molecule has 3 aromatic rings. The normalized spacial score (nSPS) is 11.3. The van der Waals surface area contributed by atoms with Gasteiger partial charge in [-0.15, -0.1) is 0 Å². The lowest BCUT2D eigenvalue weighted by Gasteiger charge is -2.22. The Kier molecular flexibility index (Phi) is 7.82. The Bertz CT molecular complexity index is 1130. The Morgan fingerprint density at radius 1 is 1.03 bits per heavy atom. The van der Waals surface area contributed by atoms with Gasteiger partial charge >= 0.3 is 0 Å². The molecule has 0 aliphatic carbocycles. The minimum atomic E-state index is -0.311. The van der Waals surface area contributed by atoms with Crippen molar-refractivity contribution in [2.24, 2.45) is 0 Å². The first-order valence-corrected chi connectivity index (χ1v) is 11.5. The van der Waals surface area contributed by atoms with Crippen LogP contribution in [0.25, 0.3) is 5.69 Å². The predicted molar refractivity (Wildman–Crippen MR) is 134 cm³/mol. The summed E-state index contributed by atoms with van der Waals surface area (Å²) in [5.74, 6) is -0.0237. The molecule has 1 N–H and O–H groups in total. The maximum Gasteiger partial charge on any atom is 0.254 e. The van der Waals surface area contributed by atoms with E-state index in [1.165, 1.54) is 4.90 Å². The third kappa shape index (κ3) is 6.36. The van der Waals surface area contributed by atoms with Crippen LogP contribution < -0.4 is 5.32 Å². The summed E-state index contributed by atoms with van der Waals surface area (Å²) in [7, 11) is 0. The maximum absolute atomic E-state index is 13.0. The molecule has 1 aromatic heterocycles. The van der Waals surface area contributed by atoms with Crippen LogP contribution in [0.3, 0.4) is 0 Å². The number of hydrogen-bond acceptors (Lipinski definition) is 3. The fourth-order valence-electron chi connectivity index (χ4n) is 3.30. The average molecular weight is 487 g/mol. The molecule has 0 atom stereocenters. The molecule has 2 aromatic carbocycles. The summed E-state index contributed by atoms with van der Waals surface area (Å²) < 4.78 is 1.68. The number of hydrogen-bond donors (Lipinski definition) is 1. The molecule has 8 heteroatoms. The quantitative estimate of drug-likeness (QED) is 0.447. The molecule has 0 aliphatic rings. The maximum atomic E-state index is 13.0. The summed E-state index contributed by atoms with van der Waals surface area (Å²) in [4.78, 5) is 27.5. The van der Waals surface area contributed by atoms with Gasteiger partial charge in [0.25, 0.3) is 5.91 Å². The van der Waals surface area contributed by atoms with Crippen molar-refractivity contribution in [1.82, 2.24) is 14.7 Å². The summed E-state index contributed by atoms with van der Waals surface area (Å²) in [5, 5.41) is 8.73. The number of carbonyl (C=O) groups excluding carboxylic acids is 2. The molecule has 2 amide bonds. The summed E-state index contributed by atoms with van der Waals surface area (Å²) >= 11 is 12.1. The zero-order valence-electron chi connectivity index (χ0n) is 19.2. The van der Waals surface area contributed by atoms with Gasteiger partial charge in [0, 0.05) is 33.6 Å². The summed E-state index contributed by atoms with van der Waals surface area (Å²) in [6, 6.07) is 15.8. The zero-order chi connectivity index (χ0) is 24.2. The van der Waals surface area contributed by atoms with Gasteiger partial charge < -0.3 is 10.2 Å². The number of carbonyl (C=O) groups is 2. The molecule has 33 heavy (non-hydrogen) atoms. The lowest BCUT2D eigenvalue weighted by atomic mass is 9.92. The van der Waals surface area contributed by atoms with Gasteiger partial charge in [-0.25, -0.2) is 4.68 Å². The lowest BCUT2D eigenvalue weighted by Crippen LogP contribution is -2.38. The van der Waals surface area contributed by atoms with Crippen LogP contribution in [0, 0.1) is 0 Å². The van der Waals surface area contributed by atoms with E-state index < -0.39 is 0 Å². The number of anilines is 1. The highest BCUT2D eigenvalue weighted by molar-refractivity contribution is 6.31. The SMILES string of the molecule is CCCN(CC(=O)Nc1cc(C(C)(C)C)nn1-c1ccc(Cl)cc1)C(=O)c1cccc(Cl)c1. The second kappa shape index (κ2) is 10.4. The first-order chi connectivity index (χ1) is 15.6. The number of nitrogens with zero attached hydrogens (tertiary/aromatic N) is 3. The third-order valence-electron chi connectivity index (χ3n) is 5.00. The van der Waals surface area contributed by atoms with Crippen molar-refractivity contribution in [1.29, 1.82) is 0 Å². The van der Waals surface area contributed by atoms with Gasteiger partial charge in [0.1, 0.15) is 12.4 Å². The molecule has 0 bridgehead atoms. The Morgan fingerprint density at radius 3 is 2.33 bits per heavy atom. The van der Waals surface area contributed by atoms with Gasteiger partial charge in [-0.05, 0) is 48.9 Å². The van der Waals surface area contributed by atoms with Crippen LogP contribution in [0.5, 0.6) is 0 Å². The van der Waals surface area contributed by atoms with Crippen molar-refractivity contribution in [2.75, 3.05) is 18.4 Å². The van der Waals surface area contributed by atoms with Crippen LogP contribution in [0.4, 0.5) is 5.82 Å². The monoisotopic (exact) mass is 486 g/mol. The minimum Gasteiger partial charge on any atom is -0.329 e. The molecular formula is C25H28Cl2N4O2. The standard InChI is InChI=1S/C25H28Cl2N4O2/c1-5-13-30(24(33)17-7-6-8-19(27)14-17)16-23(32)28-22-15-21(25(2,3)4)29-31(22)20-11-9-18(26)10-12-20/h6-12,14-15H,5,13,16H2,1-4H3,(H,28,32). The van der Waals surface area contributed by atoms with Crippen molar-refractivity contribution in [3.05, 3.63) is 75.9 Å². The van der Waals surface area contributed by atoms with E-state index in [4.69, 9.17) is 28.3 Å². The van der Waals surface area contributed by atoms with Crippen LogP contribution in [0.2, 0.25) is 10.0 Å². The smallest absolute Gasteiger partial charge is 0.254 e. The second-order valence-electron chi connectivity index (χ2n) is 8.84. The van der Waals surface area contributed by atoms with E-state index in [0.717, 1.165) is 17.8 Å². The molecule has 0 spiro atoms. The molecule has 0 aliphatic heterocycles. The highest BCUT2D eigenvalue weighted by Crippen LogP contribution is 2.27. The van der Waals surface area contributed by atoms with E-state index in [9.17, 15) is 9.59 Å². The summed E-state index contributed by atoms with van der Waals surface area (Å²) in [5.41, 5.74) is 1.83.